The summed E-state index contributed by atoms with van der Waals surface area (Å²) in [5.74, 6) is -0.933. The van der Waals surface area contributed by atoms with Crippen LogP contribution in [0.5, 0.6) is 0 Å². The number of nitrogens with zero attached hydrogens (tertiary/aromatic N) is 1. The van der Waals surface area contributed by atoms with Crippen molar-refractivity contribution >= 4 is 17.8 Å². The number of hydrogen-bond donors (Lipinski definition) is 2. The number of likely N-dealkylation sites (tertiary alicyclic amines) is 1. The molecule has 0 aromatic carbocycles. The van der Waals surface area contributed by atoms with Crippen molar-refractivity contribution in [2.75, 3.05) is 13.1 Å². The van der Waals surface area contributed by atoms with Gasteiger partial charge in [-0.05, 0) is 25.7 Å². The average molecular weight is 270 g/mol. The minimum absolute atomic E-state index is 0.0564. The smallest absolute Gasteiger partial charge is 0.303 e. The predicted octanol–water partition coefficient (Wildman–Crippen LogP) is 0.758. The SMILES string of the molecule is CC(=O)N1CCCC1C(=O)NCCCCCC(=O)O. The first-order chi connectivity index (χ1) is 9.02. The van der Waals surface area contributed by atoms with E-state index in [2.05, 4.69) is 5.32 Å². The molecule has 6 heteroatoms. The molecule has 0 aromatic heterocycles. The van der Waals surface area contributed by atoms with Crippen molar-refractivity contribution in [1.82, 2.24) is 10.2 Å². The van der Waals surface area contributed by atoms with Crippen LogP contribution in [0.3, 0.4) is 0 Å². The van der Waals surface area contributed by atoms with E-state index < -0.39 is 5.97 Å². The van der Waals surface area contributed by atoms with Gasteiger partial charge in [0, 0.05) is 26.4 Å². The third-order valence-electron chi connectivity index (χ3n) is 3.33. The van der Waals surface area contributed by atoms with Crippen molar-refractivity contribution < 1.29 is 19.5 Å². The fourth-order valence-corrected chi connectivity index (χ4v) is 2.32. The van der Waals surface area contributed by atoms with Gasteiger partial charge in [0.1, 0.15) is 6.04 Å². The van der Waals surface area contributed by atoms with Gasteiger partial charge in [0.05, 0.1) is 0 Å². The summed E-state index contributed by atoms with van der Waals surface area (Å²) >= 11 is 0. The number of carboxylic acid groups (broad SMARTS) is 1. The van der Waals surface area contributed by atoms with E-state index >= 15 is 0 Å². The van der Waals surface area contributed by atoms with Gasteiger partial charge in [-0.3, -0.25) is 14.4 Å². The molecule has 108 valence electrons. The Morgan fingerprint density at radius 1 is 1.26 bits per heavy atom. The predicted molar refractivity (Wildman–Crippen MR) is 69.5 cm³/mol. The molecular weight excluding hydrogens is 248 g/mol. The molecule has 1 heterocycles. The number of nitrogens with one attached hydrogen (secondary N) is 1. The zero-order valence-electron chi connectivity index (χ0n) is 11.4. The number of carboxylic acids is 1. The van der Waals surface area contributed by atoms with Gasteiger partial charge in [0.25, 0.3) is 0 Å². The second kappa shape index (κ2) is 7.76. The van der Waals surface area contributed by atoms with Gasteiger partial charge in [-0.2, -0.15) is 0 Å². The Morgan fingerprint density at radius 2 is 2.00 bits per heavy atom. The third-order valence-corrected chi connectivity index (χ3v) is 3.33. The molecule has 19 heavy (non-hydrogen) atoms. The molecule has 0 bridgehead atoms. The van der Waals surface area contributed by atoms with Gasteiger partial charge in [0.2, 0.25) is 11.8 Å². The number of rotatable bonds is 7. The van der Waals surface area contributed by atoms with Gasteiger partial charge < -0.3 is 15.3 Å². The molecular formula is C13H22N2O4. The Morgan fingerprint density at radius 3 is 2.63 bits per heavy atom. The normalized spacial score (nSPS) is 18.4. The van der Waals surface area contributed by atoms with E-state index in [0.29, 0.717) is 19.5 Å². The van der Waals surface area contributed by atoms with Crippen molar-refractivity contribution in [1.29, 1.82) is 0 Å². The van der Waals surface area contributed by atoms with E-state index in [1.54, 1.807) is 4.90 Å². The fourth-order valence-electron chi connectivity index (χ4n) is 2.32. The van der Waals surface area contributed by atoms with Crippen LogP contribution in [0.1, 0.15) is 45.4 Å². The molecule has 1 rings (SSSR count). The van der Waals surface area contributed by atoms with Crippen LogP contribution in [0.25, 0.3) is 0 Å². The quantitative estimate of drug-likeness (QED) is 0.669. The molecule has 1 fully saturated rings. The van der Waals surface area contributed by atoms with Gasteiger partial charge in [-0.15, -0.1) is 0 Å². The molecule has 0 saturated carbocycles. The van der Waals surface area contributed by atoms with Gasteiger partial charge in [-0.25, -0.2) is 0 Å². The first-order valence-corrected chi connectivity index (χ1v) is 6.79. The highest BCUT2D eigenvalue weighted by Gasteiger charge is 2.31. The van der Waals surface area contributed by atoms with Crippen molar-refractivity contribution in [3.05, 3.63) is 0 Å². The lowest BCUT2D eigenvalue weighted by Gasteiger charge is -2.22. The molecule has 1 atom stereocenters. The number of carbonyl (C=O) groups is 3. The average Bonchev–Trinajstić information content (AvgIpc) is 2.82. The fraction of sp³-hybridized carbons (Fsp3) is 0.769. The largest absolute Gasteiger partial charge is 0.481 e. The second-order valence-electron chi connectivity index (χ2n) is 4.87. The Bertz CT molecular complexity index is 344. The minimum atomic E-state index is -0.785. The Kier molecular flexibility index (Phi) is 6.32. The first-order valence-electron chi connectivity index (χ1n) is 6.79. The third kappa shape index (κ3) is 5.28. The van der Waals surface area contributed by atoms with Crippen LogP contribution in [0.4, 0.5) is 0 Å². The summed E-state index contributed by atoms with van der Waals surface area (Å²) < 4.78 is 0. The van der Waals surface area contributed by atoms with Crippen LogP contribution in [-0.4, -0.2) is 46.9 Å². The molecule has 0 aromatic rings. The van der Waals surface area contributed by atoms with Crippen LogP contribution in [-0.2, 0) is 14.4 Å². The van der Waals surface area contributed by atoms with Crippen LogP contribution in [0, 0.1) is 0 Å². The molecule has 1 unspecified atom stereocenters. The van der Waals surface area contributed by atoms with Crippen LogP contribution in [0.15, 0.2) is 0 Å². The summed E-state index contributed by atoms with van der Waals surface area (Å²) in [6, 6.07) is -0.323. The highest BCUT2D eigenvalue weighted by molar-refractivity contribution is 5.87. The molecule has 6 nitrogen and oxygen atoms in total. The molecule has 0 aliphatic carbocycles. The molecule has 1 saturated heterocycles. The van der Waals surface area contributed by atoms with Crippen molar-refractivity contribution in [3.63, 3.8) is 0 Å². The van der Waals surface area contributed by atoms with Gasteiger partial charge >= 0.3 is 5.97 Å². The lowest BCUT2D eigenvalue weighted by atomic mass is 10.1. The van der Waals surface area contributed by atoms with E-state index in [9.17, 15) is 14.4 Å². The first kappa shape index (κ1) is 15.5. The van der Waals surface area contributed by atoms with Crippen LogP contribution >= 0.6 is 0 Å². The lowest BCUT2D eigenvalue weighted by Crippen LogP contribution is -2.45. The zero-order valence-corrected chi connectivity index (χ0v) is 11.4. The minimum Gasteiger partial charge on any atom is -0.481 e. The van der Waals surface area contributed by atoms with E-state index in [-0.39, 0.29) is 24.3 Å². The van der Waals surface area contributed by atoms with E-state index in [4.69, 9.17) is 5.11 Å². The maximum atomic E-state index is 11.9. The van der Waals surface area contributed by atoms with E-state index in [0.717, 1.165) is 25.7 Å². The monoisotopic (exact) mass is 270 g/mol. The topological polar surface area (TPSA) is 86.7 Å². The second-order valence-corrected chi connectivity index (χ2v) is 4.87. The molecule has 1 aliphatic heterocycles. The molecule has 2 amide bonds. The molecule has 0 radical (unpaired) electrons. The maximum Gasteiger partial charge on any atom is 0.303 e. The lowest BCUT2D eigenvalue weighted by molar-refractivity contribution is -0.137. The summed E-state index contributed by atoms with van der Waals surface area (Å²) in [6.07, 6.45) is 3.96. The van der Waals surface area contributed by atoms with E-state index in [1.807, 2.05) is 0 Å². The van der Waals surface area contributed by atoms with Crippen LogP contribution in [0.2, 0.25) is 0 Å². The number of carbonyl (C=O) groups excluding carboxylic acids is 2. The summed E-state index contributed by atoms with van der Waals surface area (Å²) in [5.41, 5.74) is 0. The van der Waals surface area contributed by atoms with Crippen molar-refractivity contribution in [2.45, 2.75) is 51.5 Å². The summed E-state index contributed by atoms with van der Waals surface area (Å²) in [4.78, 5) is 35.1. The Balaban J connectivity index is 2.17. The molecule has 0 spiro atoms. The maximum absolute atomic E-state index is 11.9. The number of aliphatic carboxylic acids is 1. The summed E-state index contributed by atoms with van der Waals surface area (Å²) in [6.45, 7) is 2.68. The zero-order chi connectivity index (χ0) is 14.3. The van der Waals surface area contributed by atoms with Crippen molar-refractivity contribution in [2.24, 2.45) is 0 Å². The highest BCUT2D eigenvalue weighted by atomic mass is 16.4. The van der Waals surface area contributed by atoms with Crippen molar-refractivity contribution in [3.8, 4) is 0 Å². The Labute approximate surface area is 113 Å². The van der Waals surface area contributed by atoms with Gasteiger partial charge in [0.15, 0.2) is 0 Å². The Hall–Kier alpha value is -1.59. The summed E-state index contributed by atoms with van der Waals surface area (Å²) in [7, 11) is 0. The van der Waals surface area contributed by atoms with E-state index in [1.165, 1.54) is 6.92 Å². The number of unbranched alkanes of at least 4 members (excludes halogenated alkanes) is 2. The molecule has 2 N–H and O–H groups in total. The number of hydrogen-bond acceptors (Lipinski definition) is 3. The highest BCUT2D eigenvalue weighted by Crippen LogP contribution is 2.17. The van der Waals surface area contributed by atoms with Gasteiger partial charge in [-0.1, -0.05) is 6.42 Å². The summed E-state index contributed by atoms with van der Waals surface area (Å²) in [5, 5.41) is 11.3. The standard InChI is InChI=1S/C13H22N2O4/c1-10(16)15-9-5-6-11(15)13(19)14-8-4-2-3-7-12(17)18/h11H,2-9H2,1H3,(H,14,19)(H,17,18). The van der Waals surface area contributed by atoms with Crippen LogP contribution < -0.4 is 5.32 Å². The number of amides is 2. The molecule has 1 aliphatic rings.